The molecule has 112 valence electrons. The molecule has 1 aromatic carbocycles. The summed E-state index contributed by atoms with van der Waals surface area (Å²) in [6.45, 7) is 4.38. The Hall–Kier alpha value is -2.30. The van der Waals surface area contributed by atoms with Gasteiger partial charge in [-0.15, -0.1) is 0 Å². The lowest BCUT2D eigenvalue weighted by Crippen LogP contribution is -2.25. The number of ether oxygens (including phenoxy) is 1. The molecule has 0 fully saturated rings. The molecule has 1 heterocycles. The minimum absolute atomic E-state index is 0.00144. The number of hydrogen-bond acceptors (Lipinski definition) is 3. The number of para-hydroxylation sites is 1. The van der Waals surface area contributed by atoms with Crippen LogP contribution in [0.3, 0.4) is 0 Å². The van der Waals surface area contributed by atoms with Gasteiger partial charge in [0.15, 0.2) is 0 Å². The fraction of sp³-hybridized carbons (Fsp3) is 0.375. The molecular formula is C16H21N3O2. The van der Waals surface area contributed by atoms with Gasteiger partial charge in [-0.1, -0.05) is 18.2 Å². The van der Waals surface area contributed by atoms with E-state index in [2.05, 4.69) is 10.4 Å². The summed E-state index contributed by atoms with van der Waals surface area (Å²) in [5, 5.41) is 7.25. The third-order valence-electron chi connectivity index (χ3n) is 3.34. The van der Waals surface area contributed by atoms with Crippen molar-refractivity contribution in [2.45, 2.75) is 32.9 Å². The third-order valence-corrected chi connectivity index (χ3v) is 3.34. The van der Waals surface area contributed by atoms with Crippen molar-refractivity contribution in [1.29, 1.82) is 0 Å². The Kier molecular flexibility index (Phi) is 4.98. The lowest BCUT2D eigenvalue weighted by molar-refractivity contribution is -0.122. The van der Waals surface area contributed by atoms with Gasteiger partial charge in [-0.25, -0.2) is 0 Å². The number of nitrogens with zero attached hydrogens (tertiary/aromatic N) is 2. The summed E-state index contributed by atoms with van der Waals surface area (Å²) in [6.07, 6.45) is 2.30. The number of carbonyl (C=O) groups excluding carboxylic acids is 1. The van der Waals surface area contributed by atoms with Crippen LogP contribution < -0.4 is 10.1 Å². The standard InChI is InChI=1S/C16H21N3O2/c1-12-8-9-19(18-12)13(2)10-16(20)17-11-14-6-4-5-7-15(14)21-3/h4-9,13H,10-11H2,1-3H3,(H,17,20). The van der Waals surface area contributed by atoms with E-state index in [0.29, 0.717) is 13.0 Å². The van der Waals surface area contributed by atoms with Crippen LogP contribution in [-0.2, 0) is 11.3 Å². The summed E-state index contributed by atoms with van der Waals surface area (Å²) < 4.78 is 7.08. The van der Waals surface area contributed by atoms with Crippen LogP contribution in [0.15, 0.2) is 36.5 Å². The van der Waals surface area contributed by atoms with Gasteiger partial charge in [0.05, 0.1) is 18.8 Å². The minimum Gasteiger partial charge on any atom is -0.496 e. The van der Waals surface area contributed by atoms with Crippen molar-refractivity contribution in [3.8, 4) is 5.75 Å². The molecule has 0 spiro atoms. The average molecular weight is 287 g/mol. The van der Waals surface area contributed by atoms with E-state index in [0.717, 1.165) is 17.0 Å². The number of nitrogens with one attached hydrogen (secondary N) is 1. The second-order valence-corrected chi connectivity index (χ2v) is 5.08. The first kappa shape index (κ1) is 15.1. The summed E-state index contributed by atoms with van der Waals surface area (Å²) in [7, 11) is 1.63. The van der Waals surface area contributed by atoms with E-state index >= 15 is 0 Å². The van der Waals surface area contributed by atoms with Crippen LogP contribution in [0.1, 0.15) is 30.6 Å². The zero-order valence-electron chi connectivity index (χ0n) is 12.7. The molecule has 1 unspecified atom stereocenters. The van der Waals surface area contributed by atoms with Gasteiger partial charge in [0.1, 0.15) is 5.75 Å². The molecule has 1 N–H and O–H groups in total. The van der Waals surface area contributed by atoms with E-state index in [1.54, 1.807) is 7.11 Å². The largest absolute Gasteiger partial charge is 0.496 e. The molecule has 1 atom stereocenters. The lowest BCUT2D eigenvalue weighted by Gasteiger charge is -2.13. The number of aromatic nitrogens is 2. The Morgan fingerprint density at radius 1 is 1.38 bits per heavy atom. The highest BCUT2D eigenvalue weighted by molar-refractivity contribution is 5.76. The molecule has 0 aliphatic carbocycles. The zero-order chi connectivity index (χ0) is 15.2. The summed E-state index contributed by atoms with van der Waals surface area (Å²) in [4.78, 5) is 12.0. The summed E-state index contributed by atoms with van der Waals surface area (Å²) in [6, 6.07) is 9.64. The molecule has 0 bridgehead atoms. The van der Waals surface area contributed by atoms with Crippen molar-refractivity contribution in [2.24, 2.45) is 0 Å². The first-order chi connectivity index (χ1) is 10.1. The molecule has 1 amide bonds. The number of benzene rings is 1. The van der Waals surface area contributed by atoms with Crippen molar-refractivity contribution >= 4 is 5.91 Å². The highest BCUT2D eigenvalue weighted by atomic mass is 16.5. The van der Waals surface area contributed by atoms with Crippen LogP contribution in [0.4, 0.5) is 0 Å². The van der Waals surface area contributed by atoms with Crippen LogP contribution in [0.25, 0.3) is 0 Å². The molecule has 0 radical (unpaired) electrons. The number of methoxy groups -OCH3 is 1. The molecule has 0 aliphatic heterocycles. The predicted molar refractivity (Wildman–Crippen MR) is 81.1 cm³/mol. The van der Waals surface area contributed by atoms with Crippen LogP contribution in [0.5, 0.6) is 5.75 Å². The molecule has 5 nitrogen and oxygen atoms in total. The summed E-state index contributed by atoms with van der Waals surface area (Å²) in [5.41, 5.74) is 1.92. The Balaban J connectivity index is 1.87. The van der Waals surface area contributed by atoms with Gasteiger partial charge in [-0.05, 0) is 26.0 Å². The van der Waals surface area contributed by atoms with Crippen LogP contribution in [-0.4, -0.2) is 22.8 Å². The second-order valence-electron chi connectivity index (χ2n) is 5.08. The van der Waals surface area contributed by atoms with Crippen LogP contribution in [0.2, 0.25) is 0 Å². The number of amides is 1. The number of aryl methyl sites for hydroxylation is 1. The first-order valence-electron chi connectivity index (χ1n) is 7.00. The Bertz CT molecular complexity index is 607. The van der Waals surface area contributed by atoms with E-state index in [9.17, 15) is 4.79 Å². The predicted octanol–water partition coefficient (Wildman–Crippen LogP) is 2.47. The summed E-state index contributed by atoms with van der Waals surface area (Å²) >= 11 is 0. The van der Waals surface area contributed by atoms with Gasteiger partial charge in [-0.2, -0.15) is 5.10 Å². The molecular weight excluding hydrogens is 266 g/mol. The lowest BCUT2D eigenvalue weighted by atomic mass is 10.2. The fourth-order valence-electron chi connectivity index (χ4n) is 2.16. The molecule has 21 heavy (non-hydrogen) atoms. The van der Waals surface area contributed by atoms with Gasteiger partial charge >= 0.3 is 0 Å². The maximum Gasteiger partial charge on any atom is 0.222 e. The quantitative estimate of drug-likeness (QED) is 0.888. The maximum atomic E-state index is 12.0. The molecule has 2 rings (SSSR count). The zero-order valence-corrected chi connectivity index (χ0v) is 12.7. The number of rotatable bonds is 6. The Labute approximate surface area is 124 Å². The molecule has 0 saturated carbocycles. The molecule has 1 aromatic heterocycles. The van der Waals surface area contributed by atoms with Gasteiger partial charge in [0, 0.05) is 24.7 Å². The Morgan fingerprint density at radius 3 is 2.81 bits per heavy atom. The summed E-state index contributed by atoms with van der Waals surface area (Å²) in [5.74, 6) is 0.787. The van der Waals surface area contributed by atoms with Gasteiger partial charge in [-0.3, -0.25) is 9.48 Å². The van der Waals surface area contributed by atoms with Crippen molar-refractivity contribution in [3.63, 3.8) is 0 Å². The maximum absolute atomic E-state index is 12.0. The van der Waals surface area contributed by atoms with Crippen molar-refractivity contribution in [1.82, 2.24) is 15.1 Å². The highest BCUT2D eigenvalue weighted by Gasteiger charge is 2.12. The smallest absolute Gasteiger partial charge is 0.222 e. The third kappa shape index (κ3) is 4.08. The molecule has 0 saturated heterocycles. The fourth-order valence-corrected chi connectivity index (χ4v) is 2.16. The average Bonchev–Trinajstić information content (AvgIpc) is 2.92. The minimum atomic E-state index is 0.00144. The van der Waals surface area contributed by atoms with Crippen molar-refractivity contribution < 1.29 is 9.53 Å². The van der Waals surface area contributed by atoms with Crippen molar-refractivity contribution in [2.75, 3.05) is 7.11 Å². The topological polar surface area (TPSA) is 56.1 Å². The number of hydrogen-bond donors (Lipinski definition) is 1. The molecule has 2 aromatic rings. The van der Waals surface area contributed by atoms with E-state index in [1.807, 2.05) is 55.1 Å². The molecule has 0 aliphatic rings. The van der Waals surface area contributed by atoms with Crippen LogP contribution in [0, 0.1) is 6.92 Å². The van der Waals surface area contributed by atoms with E-state index in [4.69, 9.17) is 4.74 Å². The van der Waals surface area contributed by atoms with E-state index < -0.39 is 0 Å². The second kappa shape index (κ2) is 6.92. The van der Waals surface area contributed by atoms with Crippen molar-refractivity contribution in [3.05, 3.63) is 47.8 Å². The van der Waals surface area contributed by atoms with Gasteiger partial charge in [0.2, 0.25) is 5.91 Å². The first-order valence-corrected chi connectivity index (χ1v) is 7.00. The van der Waals surface area contributed by atoms with E-state index in [1.165, 1.54) is 0 Å². The van der Waals surface area contributed by atoms with Crippen LogP contribution >= 0.6 is 0 Å². The normalized spacial score (nSPS) is 12.0. The Morgan fingerprint density at radius 2 is 2.14 bits per heavy atom. The number of carbonyl (C=O) groups is 1. The monoisotopic (exact) mass is 287 g/mol. The van der Waals surface area contributed by atoms with Gasteiger partial charge in [0.25, 0.3) is 0 Å². The molecule has 5 heteroatoms. The van der Waals surface area contributed by atoms with E-state index in [-0.39, 0.29) is 11.9 Å². The SMILES string of the molecule is COc1ccccc1CNC(=O)CC(C)n1ccc(C)n1. The van der Waals surface area contributed by atoms with Gasteiger partial charge < -0.3 is 10.1 Å². The highest BCUT2D eigenvalue weighted by Crippen LogP contribution is 2.17.